The summed E-state index contributed by atoms with van der Waals surface area (Å²) in [6.45, 7) is 3.67. The molecule has 0 bridgehead atoms. The maximum absolute atomic E-state index is 13.0. The number of nitrogens with one attached hydrogen (secondary N) is 1. The number of carbonyl (C=O) groups is 2. The molecule has 1 aliphatic heterocycles. The monoisotopic (exact) mass is 400 g/mol. The van der Waals surface area contributed by atoms with Crippen LogP contribution in [0.4, 0.5) is 11.4 Å². The molecule has 0 unspecified atom stereocenters. The van der Waals surface area contributed by atoms with Gasteiger partial charge in [-0.3, -0.25) is 14.6 Å². The van der Waals surface area contributed by atoms with Crippen molar-refractivity contribution < 1.29 is 9.59 Å². The number of carbonyl (C=O) groups excluding carboxylic acids is 2. The van der Waals surface area contributed by atoms with Gasteiger partial charge in [-0.05, 0) is 50.1 Å². The largest absolute Gasteiger partial charge is 0.370 e. The van der Waals surface area contributed by atoms with E-state index < -0.39 is 5.91 Å². The minimum absolute atomic E-state index is 0.262. The van der Waals surface area contributed by atoms with Crippen LogP contribution in [0.15, 0.2) is 60.7 Å². The van der Waals surface area contributed by atoms with Gasteiger partial charge in [0.15, 0.2) is 0 Å². The highest BCUT2D eigenvalue weighted by atomic mass is 16.2. The second kappa shape index (κ2) is 8.37. The lowest BCUT2D eigenvalue weighted by Gasteiger charge is -2.22. The van der Waals surface area contributed by atoms with Crippen molar-refractivity contribution in [2.24, 2.45) is 5.73 Å². The average Bonchev–Trinajstić information content (AvgIpc) is 3.28. The summed E-state index contributed by atoms with van der Waals surface area (Å²) in [6, 6.07) is 18.7. The number of nitrogens with two attached hydrogens (primary N) is 1. The summed E-state index contributed by atoms with van der Waals surface area (Å²) < 4.78 is 0. The third-order valence-corrected chi connectivity index (χ3v) is 5.38. The fourth-order valence-corrected chi connectivity index (χ4v) is 3.78. The lowest BCUT2D eigenvalue weighted by molar-refractivity contribution is 0.0996. The van der Waals surface area contributed by atoms with E-state index in [0.717, 1.165) is 42.9 Å². The van der Waals surface area contributed by atoms with Crippen LogP contribution < -0.4 is 16.0 Å². The highest BCUT2D eigenvalue weighted by Gasteiger charge is 2.20. The second-order valence-corrected chi connectivity index (χ2v) is 7.44. The fraction of sp³-hybridized carbons (Fsp3) is 0.208. The van der Waals surface area contributed by atoms with E-state index in [4.69, 9.17) is 5.73 Å². The molecule has 152 valence electrons. The molecule has 2 amide bonds. The lowest BCUT2D eigenvalue weighted by atomic mass is 10.1. The number of aryl methyl sites for hydroxylation is 1. The summed E-state index contributed by atoms with van der Waals surface area (Å²) in [5.41, 5.74) is 10.2. The molecule has 0 atom stereocenters. The number of hydrogen-bond donors (Lipinski definition) is 2. The Morgan fingerprint density at radius 2 is 1.73 bits per heavy atom. The van der Waals surface area contributed by atoms with Gasteiger partial charge in [-0.25, -0.2) is 0 Å². The van der Waals surface area contributed by atoms with Gasteiger partial charge in [0, 0.05) is 24.2 Å². The number of aromatic nitrogens is 1. The first-order valence-corrected chi connectivity index (χ1v) is 10.1. The standard InChI is InChI=1S/C24H24N4O2/c1-16-19(10-11-20(26-16)17-7-3-2-4-8-17)24(30)27-21-15-18(23(25)29)9-12-22(21)28-13-5-6-14-28/h2-4,7-12,15H,5-6,13-14H2,1H3,(H2,25,29)(H,27,30). The number of nitrogens with zero attached hydrogens (tertiary/aromatic N) is 2. The summed E-state index contributed by atoms with van der Waals surface area (Å²) in [6.07, 6.45) is 2.21. The first-order valence-electron chi connectivity index (χ1n) is 10.1. The maximum Gasteiger partial charge on any atom is 0.257 e. The van der Waals surface area contributed by atoms with Gasteiger partial charge in [-0.15, -0.1) is 0 Å². The minimum atomic E-state index is -0.525. The molecule has 0 radical (unpaired) electrons. The third kappa shape index (κ3) is 4.03. The fourth-order valence-electron chi connectivity index (χ4n) is 3.78. The van der Waals surface area contributed by atoms with Crippen LogP contribution in [0.3, 0.4) is 0 Å². The maximum atomic E-state index is 13.0. The van der Waals surface area contributed by atoms with Crippen molar-refractivity contribution in [2.45, 2.75) is 19.8 Å². The Morgan fingerprint density at radius 3 is 2.40 bits per heavy atom. The zero-order valence-electron chi connectivity index (χ0n) is 16.9. The molecular formula is C24H24N4O2. The van der Waals surface area contributed by atoms with E-state index in [-0.39, 0.29) is 5.91 Å². The molecule has 1 saturated heterocycles. The molecule has 6 nitrogen and oxygen atoms in total. The Morgan fingerprint density at radius 1 is 1.00 bits per heavy atom. The van der Waals surface area contributed by atoms with Crippen LogP contribution in [0, 0.1) is 6.92 Å². The van der Waals surface area contributed by atoms with Crippen molar-refractivity contribution in [1.29, 1.82) is 0 Å². The van der Waals surface area contributed by atoms with E-state index in [1.807, 2.05) is 49.4 Å². The molecule has 2 heterocycles. The number of hydrogen-bond acceptors (Lipinski definition) is 4. The Hall–Kier alpha value is -3.67. The van der Waals surface area contributed by atoms with Gasteiger partial charge in [-0.2, -0.15) is 0 Å². The molecule has 0 aliphatic carbocycles. The van der Waals surface area contributed by atoms with Crippen molar-refractivity contribution in [1.82, 2.24) is 4.98 Å². The van der Waals surface area contributed by atoms with Gasteiger partial charge in [0.05, 0.1) is 28.3 Å². The Balaban J connectivity index is 1.63. The van der Waals surface area contributed by atoms with Crippen LogP contribution in [-0.4, -0.2) is 29.9 Å². The molecule has 6 heteroatoms. The first kappa shape index (κ1) is 19.6. The number of pyridine rings is 1. The molecule has 1 aromatic heterocycles. The van der Waals surface area contributed by atoms with Gasteiger partial charge in [0.1, 0.15) is 0 Å². The molecule has 0 saturated carbocycles. The highest BCUT2D eigenvalue weighted by molar-refractivity contribution is 6.07. The number of anilines is 2. The molecule has 30 heavy (non-hydrogen) atoms. The first-order chi connectivity index (χ1) is 14.5. The van der Waals surface area contributed by atoms with Gasteiger partial charge in [0.25, 0.3) is 5.91 Å². The smallest absolute Gasteiger partial charge is 0.257 e. The van der Waals surface area contributed by atoms with Crippen LogP contribution in [-0.2, 0) is 0 Å². The van der Waals surface area contributed by atoms with Crippen molar-refractivity contribution in [3.8, 4) is 11.3 Å². The van der Waals surface area contributed by atoms with Crippen molar-refractivity contribution in [3.63, 3.8) is 0 Å². The van der Waals surface area contributed by atoms with Crippen LogP contribution in [0.2, 0.25) is 0 Å². The number of benzene rings is 2. The molecule has 3 N–H and O–H groups in total. The molecule has 3 aromatic rings. The average molecular weight is 400 g/mol. The topological polar surface area (TPSA) is 88.3 Å². The predicted molar refractivity (Wildman–Crippen MR) is 119 cm³/mol. The van der Waals surface area contributed by atoms with E-state index in [0.29, 0.717) is 22.5 Å². The van der Waals surface area contributed by atoms with Gasteiger partial charge >= 0.3 is 0 Å². The van der Waals surface area contributed by atoms with E-state index in [9.17, 15) is 9.59 Å². The van der Waals surface area contributed by atoms with Gasteiger partial charge < -0.3 is 16.0 Å². The Bertz CT molecular complexity index is 1090. The Kier molecular flexibility index (Phi) is 5.48. The lowest BCUT2D eigenvalue weighted by Crippen LogP contribution is -2.22. The second-order valence-electron chi connectivity index (χ2n) is 7.44. The van der Waals surface area contributed by atoms with Crippen molar-refractivity contribution in [2.75, 3.05) is 23.3 Å². The molecular weight excluding hydrogens is 376 g/mol. The van der Waals surface area contributed by atoms with Crippen molar-refractivity contribution >= 4 is 23.2 Å². The van der Waals surface area contributed by atoms with E-state index in [1.54, 1.807) is 18.2 Å². The molecule has 1 fully saturated rings. The zero-order valence-corrected chi connectivity index (χ0v) is 16.9. The van der Waals surface area contributed by atoms with Crippen LogP contribution in [0.25, 0.3) is 11.3 Å². The van der Waals surface area contributed by atoms with Crippen LogP contribution in [0.5, 0.6) is 0 Å². The van der Waals surface area contributed by atoms with Gasteiger partial charge in [0.2, 0.25) is 5.91 Å². The highest BCUT2D eigenvalue weighted by Crippen LogP contribution is 2.31. The summed E-state index contributed by atoms with van der Waals surface area (Å²) in [4.78, 5) is 31.5. The normalized spacial score (nSPS) is 13.3. The number of amides is 2. The van der Waals surface area contributed by atoms with E-state index in [1.165, 1.54) is 0 Å². The summed E-state index contributed by atoms with van der Waals surface area (Å²) in [5, 5.41) is 2.97. The van der Waals surface area contributed by atoms with E-state index >= 15 is 0 Å². The predicted octanol–water partition coefficient (Wildman–Crippen LogP) is 4.01. The molecule has 0 spiro atoms. The SMILES string of the molecule is Cc1nc(-c2ccccc2)ccc1C(=O)Nc1cc(C(N)=O)ccc1N1CCCC1. The van der Waals surface area contributed by atoms with Crippen LogP contribution >= 0.6 is 0 Å². The number of primary amides is 1. The number of rotatable bonds is 5. The van der Waals surface area contributed by atoms with Crippen molar-refractivity contribution in [3.05, 3.63) is 77.5 Å². The molecule has 2 aromatic carbocycles. The quantitative estimate of drug-likeness (QED) is 0.677. The summed E-state index contributed by atoms with van der Waals surface area (Å²) in [5.74, 6) is -0.787. The summed E-state index contributed by atoms with van der Waals surface area (Å²) in [7, 11) is 0. The minimum Gasteiger partial charge on any atom is -0.370 e. The van der Waals surface area contributed by atoms with Crippen LogP contribution in [0.1, 0.15) is 39.3 Å². The molecule has 4 rings (SSSR count). The third-order valence-electron chi connectivity index (χ3n) is 5.38. The summed E-state index contributed by atoms with van der Waals surface area (Å²) >= 11 is 0. The van der Waals surface area contributed by atoms with E-state index in [2.05, 4.69) is 15.2 Å². The zero-order chi connectivity index (χ0) is 21.1. The Labute approximate surface area is 175 Å². The molecule has 1 aliphatic rings. The van der Waals surface area contributed by atoms with Gasteiger partial charge in [-0.1, -0.05) is 30.3 Å².